The van der Waals surface area contributed by atoms with Gasteiger partial charge in [0.1, 0.15) is 0 Å². The number of benzene rings is 1. The smallest absolute Gasteiger partial charge is 0.228 e. The van der Waals surface area contributed by atoms with Gasteiger partial charge in [0, 0.05) is 33.1 Å². The first-order valence-corrected chi connectivity index (χ1v) is 8.20. The van der Waals surface area contributed by atoms with E-state index in [2.05, 4.69) is 13.8 Å². The number of methoxy groups -OCH3 is 1. The SMILES string of the molecule is COc1ccc(CN(C)C(=O)[C@H]2CC(=O)N(CC(C)C)C2)cc1O. The lowest BCUT2D eigenvalue weighted by atomic mass is 10.1. The molecule has 24 heavy (non-hydrogen) atoms. The summed E-state index contributed by atoms with van der Waals surface area (Å²) in [5.74, 6) is 0.576. The van der Waals surface area contributed by atoms with E-state index >= 15 is 0 Å². The number of aromatic hydroxyl groups is 1. The van der Waals surface area contributed by atoms with Crippen LogP contribution in [-0.2, 0) is 16.1 Å². The Kier molecular flexibility index (Phi) is 5.70. The van der Waals surface area contributed by atoms with Crippen molar-refractivity contribution in [2.75, 3.05) is 27.2 Å². The maximum atomic E-state index is 12.6. The summed E-state index contributed by atoms with van der Waals surface area (Å²) in [5.41, 5.74) is 0.813. The van der Waals surface area contributed by atoms with Crippen LogP contribution in [0, 0.1) is 11.8 Å². The predicted octanol–water partition coefficient (Wildman–Crippen LogP) is 1.86. The fourth-order valence-electron chi connectivity index (χ4n) is 3.05. The lowest BCUT2D eigenvalue weighted by Gasteiger charge is -2.22. The van der Waals surface area contributed by atoms with Gasteiger partial charge in [0.2, 0.25) is 11.8 Å². The number of ether oxygens (including phenoxy) is 1. The molecule has 1 fully saturated rings. The number of rotatable bonds is 6. The number of carbonyl (C=O) groups is 2. The van der Waals surface area contributed by atoms with Gasteiger partial charge in [-0.3, -0.25) is 9.59 Å². The summed E-state index contributed by atoms with van der Waals surface area (Å²) in [6, 6.07) is 5.08. The number of hydrogen-bond acceptors (Lipinski definition) is 4. The minimum Gasteiger partial charge on any atom is -0.504 e. The van der Waals surface area contributed by atoms with Crippen LogP contribution in [0.4, 0.5) is 0 Å². The molecule has 1 aliphatic heterocycles. The van der Waals surface area contributed by atoms with Gasteiger partial charge in [-0.1, -0.05) is 19.9 Å². The Balaban J connectivity index is 1.97. The highest BCUT2D eigenvalue weighted by Crippen LogP contribution is 2.27. The van der Waals surface area contributed by atoms with E-state index in [1.165, 1.54) is 7.11 Å². The molecule has 1 aliphatic rings. The Morgan fingerprint density at radius 1 is 1.46 bits per heavy atom. The van der Waals surface area contributed by atoms with Crippen molar-refractivity contribution in [2.24, 2.45) is 11.8 Å². The second-order valence-corrected chi connectivity index (χ2v) is 6.79. The Labute approximate surface area is 143 Å². The topological polar surface area (TPSA) is 70.1 Å². The molecule has 0 radical (unpaired) electrons. The maximum Gasteiger partial charge on any atom is 0.228 e. The van der Waals surface area contributed by atoms with Gasteiger partial charge in [0.05, 0.1) is 13.0 Å². The van der Waals surface area contributed by atoms with E-state index in [1.54, 1.807) is 29.0 Å². The predicted molar refractivity (Wildman–Crippen MR) is 90.7 cm³/mol. The fourth-order valence-corrected chi connectivity index (χ4v) is 3.05. The zero-order valence-electron chi connectivity index (χ0n) is 14.8. The molecule has 6 nitrogen and oxygen atoms in total. The molecule has 0 saturated carbocycles. The van der Waals surface area contributed by atoms with Crippen molar-refractivity contribution in [1.29, 1.82) is 0 Å². The van der Waals surface area contributed by atoms with Crippen molar-refractivity contribution in [3.8, 4) is 11.5 Å². The molecular formula is C18H26N2O4. The van der Waals surface area contributed by atoms with E-state index in [9.17, 15) is 14.7 Å². The first-order valence-electron chi connectivity index (χ1n) is 8.20. The monoisotopic (exact) mass is 334 g/mol. The van der Waals surface area contributed by atoms with Gasteiger partial charge in [-0.2, -0.15) is 0 Å². The van der Waals surface area contributed by atoms with Crippen LogP contribution in [0.3, 0.4) is 0 Å². The zero-order valence-corrected chi connectivity index (χ0v) is 14.8. The molecule has 0 unspecified atom stereocenters. The minimum absolute atomic E-state index is 0.0371. The van der Waals surface area contributed by atoms with Crippen molar-refractivity contribution in [3.63, 3.8) is 0 Å². The first-order chi connectivity index (χ1) is 11.3. The minimum atomic E-state index is -0.284. The molecule has 2 rings (SSSR count). The number of amides is 2. The van der Waals surface area contributed by atoms with Gasteiger partial charge in [-0.05, 0) is 23.6 Å². The van der Waals surface area contributed by atoms with Crippen LogP contribution < -0.4 is 4.74 Å². The molecule has 1 N–H and O–H groups in total. The summed E-state index contributed by atoms with van der Waals surface area (Å²) < 4.78 is 5.02. The quantitative estimate of drug-likeness (QED) is 0.862. The molecule has 1 atom stereocenters. The summed E-state index contributed by atoms with van der Waals surface area (Å²) in [6.07, 6.45) is 0.282. The van der Waals surface area contributed by atoms with Crippen molar-refractivity contribution >= 4 is 11.8 Å². The van der Waals surface area contributed by atoms with E-state index in [0.29, 0.717) is 31.3 Å². The van der Waals surface area contributed by atoms with Crippen molar-refractivity contribution in [3.05, 3.63) is 23.8 Å². The molecule has 6 heteroatoms. The molecule has 0 aromatic heterocycles. The van der Waals surface area contributed by atoms with Crippen molar-refractivity contribution in [2.45, 2.75) is 26.8 Å². The Bertz CT molecular complexity index is 615. The van der Waals surface area contributed by atoms with Crippen LogP contribution in [0.1, 0.15) is 25.8 Å². The van der Waals surface area contributed by atoms with Crippen LogP contribution in [0.15, 0.2) is 18.2 Å². The molecule has 0 spiro atoms. The molecule has 0 bridgehead atoms. The van der Waals surface area contributed by atoms with Crippen LogP contribution in [-0.4, -0.2) is 54.0 Å². The summed E-state index contributed by atoms with van der Waals surface area (Å²) in [4.78, 5) is 28.0. The summed E-state index contributed by atoms with van der Waals surface area (Å²) in [7, 11) is 3.21. The second kappa shape index (κ2) is 7.55. The van der Waals surface area contributed by atoms with Gasteiger partial charge in [0.25, 0.3) is 0 Å². The number of hydrogen-bond donors (Lipinski definition) is 1. The summed E-state index contributed by atoms with van der Waals surface area (Å²) in [6.45, 7) is 5.69. The molecule has 1 aromatic carbocycles. The highest BCUT2D eigenvalue weighted by Gasteiger charge is 2.35. The Morgan fingerprint density at radius 2 is 2.17 bits per heavy atom. The number of nitrogens with zero attached hydrogens (tertiary/aromatic N) is 2. The van der Waals surface area contributed by atoms with Gasteiger partial charge in [-0.15, -0.1) is 0 Å². The molecule has 1 heterocycles. The third-order valence-electron chi connectivity index (χ3n) is 4.19. The molecular weight excluding hydrogens is 308 g/mol. The van der Waals surface area contributed by atoms with Crippen LogP contribution >= 0.6 is 0 Å². The van der Waals surface area contributed by atoms with Gasteiger partial charge in [0.15, 0.2) is 11.5 Å². The molecule has 132 valence electrons. The number of carbonyl (C=O) groups excluding carboxylic acids is 2. The van der Waals surface area contributed by atoms with E-state index < -0.39 is 0 Å². The zero-order chi connectivity index (χ0) is 17.9. The van der Waals surface area contributed by atoms with E-state index in [-0.39, 0.29) is 29.9 Å². The number of phenolic OH excluding ortho intramolecular Hbond substituents is 1. The van der Waals surface area contributed by atoms with E-state index in [1.807, 2.05) is 6.07 Å². The van der Waals surface area contributed by atoms with E-state index in [0.717, 1.165) is 5.56 Å². The normalized spacial score (nSPS) is 17.5. The summed E-state index contributed by atoms with van der Waals surface area (Å²) in [5, 5.41) is 9.83. The molecule has 1 aromatic rings. The lowest BCUT2D eigenvalue weighted by molar-refractivity contribution is -0.135. The van der Waals surface area contributed by atoms with Crippen LogP contribution in [0.25, 0.3) is 0 Å². The fraction of sp³-hybridized carbons (Fsp3) is 0.556. The van der Waals surface area contributed by atoms with Crippen molar-refractivity contribution < 1.29 is 19.4 Å². The highest BCUT2D eigenvalue weighted by atomic mass is 16.5. The lowest BCUT2D eigenvalue weighted by Crippen LogP contribution is -2.35. The average Bonchev–Trinajstić information content (AvgIpc) is 2.87. The molecule has 0 aliphatic carbocycles. The van der Waals surface area contributed by atoms with Gasteiger partial charge < -0.3 is 19.6 Å². The Hall–Kier alpha value is -2.24. The summed E-state index contributed by atoms with van der Waals surface area (Å²) >= 11 is 0. The van der Waals surface area contributed by atoms with Crippen LogP contribution in [0.2, 0.25) is 0 Å². The van der Waals surface area contributed by atoms with Gasteiger partial charge >= 0.3 is 0 Å². The Morgan fingerprint density at radius 3 is 2.75 bits per heavy atom. The highest BCUT2D eigenvalue weighted by molar-refractivity contribution is 5.89. The third kappa shape index (κ3) is 4.19. The first kappa shape index (κ1) is 18.1. The average molecular weight is 334 g/mol. The maximum absolute atomic E-state index is 12.6. The van der Waals surface area contributed by atoms with Gasteiger partial charge in [-0.25, -0.2) is 0 Å². The third-order valence-corrected chi connectivity index (χ3v) is 4.19. The molecule has 2 amide bonds. The number of likely N-dealkylation sites (tertiary alicyclic amines) is 1. The van der Waals surface area contributed by atoms with E-state index in [4.69, 9.17) is 4.74 Å². The second-order valence-electron chi connectivity index (χ2n) is 6.79. The standard InChI is InChI=1S/C18H26N2O4/c1-12(2)9-20-11-14(8-17(20)22)18(23)19(3)10-13-5-6-16(24-4)15(21)7-13/h5-7,12,14,21H,8-11H2,1-4H3/t14-/m0/s1. The molecule has 1 saturated heterocycles. The van der Waals surface area contributed by atoms with Crippen LogP contribution in [0.5, 0.6) is 11.5 Å². The largest absolute Gasteiger partial charge is 0.504 e. The van der Waals surface area contributed by atoms with Crippen molar-refractivity contribution in [1.82, 2.24) is 9.80 Å². The number of phenols is 1.